The lowest BCUT2D eigenvalue weighted by molar-refractivity contribution is 0.0531. The first-order chi connectivity index (χ1) is 10.2. The molecule has 2 N–H and O–H groups in total. The largest absolute Gasteiger partial charge is 0.497 e. The van der Waals surface area contributed by atoms with Crippen LogP contribution in [0.15, 0.2) is 53.4 Å². The predicted molar refractivity (Wildman–Crippen MR) is 84.9 cm³/mol. The van der Waals surface area contributed by atoms with Gasteiger partial charge in [0.05, 0.1) is 12.7 Å². The van der Waals surface area contributed by atoms with Gasteiger partial charge in [-0.15, -0.1) is 11.8 Å². The second-order valence-electron chi connectivity index (χ2n) is 4.25. The van der Waals surface area contributed by atoms with E-state index >= 15 is 0 Å². The van der Waals surface area contributed by atoms with Crippen molar-refractivity contribution in [3.8, 4) is 5.75 Å². The first-order valence-corrected chi connectivity index (χ1v) is 7.48. The summed E-state index contributed by atoms with van der Waals surface area (Å²) in [4.78, 5) is 13.1. The number of anilines is 1. The SMILES string of the molecule is COc1ccc(N)c(C(=O)OCCSc2ccccc2)c1. The smallest absolute Gasteiger partial charge is 0.340 e. The van der Waals surface area contributed by atoms with Crippen LogP contribution in [0.4, 0.5) is 5.69 Å². The number of carbonyl (C=O) groups excluding carboxylic acids is 1. The average Bonchev–Trinajstić information content (AvgIpc) is 2.53. The maximum atomic E-state index is 12.0. The molecule has 0 heterocycles. The Morgan fingerprint density at radius 3 is 2.67 bits per heavy atom. The lowest BCUT2D eigenvalue weighted by atomic mass is 10.2. The maximum Gasteiger partial charge on any atom is 0.340 e. The molecule has 110 valence electrons. The van der Waals surface area contributed by atoms with Gasteiger partial charge in [-0.2, -0.15) is 0 Å². The van der Waals surface area contributed by atoms with Gasteiger partial charge < -0.3 is 15.2 Å². The van der Waals surface area contributed by atoms with E-state index < -0.39 is 5.97 Å². The van der Waals surface area contributed by atoms with Crippen LogP contribution >= 0.6 is 11.8 Å². The molecule has 0 aliphatic carbocycles. The molecule has 0 amide bonds. The molecule has 0 fully saturated rings. The van der Waals surface area contributed by atoms with Crippen LogP contribution in [-0.2, 0) is 4.74 Å². The van der Waals surface area contributed by atoms with Gasteiger partial charge in [-0.1, -0.05) is 18.2 Å². The number of thioether (sulfide) groups is 1. The molecule has 0 aliphatic heterocycles. The van der Waals surface area contributed by atoms with Crippen molar-refractivity contribution < 1.29 is 14.3 Å². The quantitative estimate of drug-likeness (QED) is 0.384. The van der Waals surface area contributed by atoms with E-state index in [4.69, 9.17) is 15.2 Å². The standard InChI is InChI=1S/C16H17NO3S/c1-19-12-7-8-15(17)14(11-12)16(18)20-9-10-21-13-5-3-2-4-6-13/h2-8,11H,9-10,17H2,1H3. The number of ether oxygens (including phenoxy) is 2. The Bertz CT molecular complexity index is 602. The average molecular weight is 303 g/mol. The fraction of sp³-hybridized carbons (Fsp3) is 0.188. The lowest BCUT2D eigenvalue weighted by Gasteiger charge is -2.08. The molecule has 0 aromatic heterocycles. The van der Waals surface area contributed by atoms with Gasteiger partial charge in [0.25, 0.3) is 0 Å². The summed E-state index contributed by atoms with van der Waals surface area (Å²) in [5.74, 6) is 0.842. The third kappa shape index (κ3) is 4.43. The van der Waals surface area contributed by atoms with E-state index in [9.17, 15) is 4.79 Å². The van der Waals surface area contributed by atoms with E-state index in [-0.39, 0.29) is 0 Å². The number of benzene rings is 2. The van der Waals surface area contributed by atoms with Crippen LogP contribution in [0.5, 0.6) is 5.75 Å². The molecule has 0 saturated heterocycles. The monoisotopic (exact) mass is 303 g/mol. The molecule has 0 radical (unpaired) electrons. The minimum atomic E-state index is -0.430. The molecular weight excluding hydrogens is 286 g/mol. The van der Waals surface area contributed by atoms with Crippen molar-refractivity contribution in [1.82, 2.24) is 0 Å². The molecule has 0 atom stereocenters. The van der Waals surface area contributed by atoms with Gasteiger partial charge >= 0.3 is 5.97 Å². The van der Waals surface area contributed by atoms with Crippen molar-refractivity contribution in [2.45, 2.75) is 4.90 Å². The summed E-state index contributed by atoms with van der Waals surface area (Å²) in [6.07, 6.45) is 0. The van der Waals surface area contributed by atoms with Gasteiger partial charge in [0.2, 0.25) is 0 Å². The van der Waals surface area contributed by atoms with E-state index in [0.29, 0.717) is 29.4 Å². The zero-order valence-electron chi connectivity index (χ0n) is 11.7. The van der Waals surface area contributed by atoms with Crippen LogP contribution in [0, 0.1) is 0 Å². The summed E-state index contributed by atoms with van der Waals surface area (Å²) < 4.78 is 10.3. The van der Waals surface area contributed by atoms with E-state index in [1.165, 1.54) is 7.11 Å². The normalized spacial score (nSPS) is 10.1. The first-order valence-electron chi connectivity index (χ1n) is 6.49. The van der Waals surface area contributed by atoms with E-state index in [0.717, 1.165) is 4.90 Å². The molecule has 21 heavy (non-hydrogen) atoms. The molecule has 5 heteroatoms. The Morgan fingerprint density at radius 1 is 1.19 bits per heavy atom. The number of nitrogens with two attached hydrogens (primary N) is 1. The molecule has 2 aromatic rings. The highest BCUT2D eigenvalue weighted by atomic mass is 32.2. The number of hydrogen-bond donors (Lipinski definition) is 1. The zero-order valence-corrected chi connectivity index (χ0v) is 12.6. The third-order valence-corrected chi connectivity index (χ3v) is 3.79. The van der Waals surface area contributed by atoms with Crippen molar-refractivity contribution >= 4 is 23.4 Å². The van der Waals surface area contributed by atoms with Crippen molar-refractivity contribution in [3.63, 3.8) is 0 Å². The van der Waals surface area contributed by atoms with E-state index in [1.54, 1.807) is 30.0 Å². The molecule has 0 spiro atoms. The fourth-order valence-corrected chi connectivity index (χ4v) is 2.48. The van der Waals surface area contributed by atoms with Crippen LogP contribution < -0.4 is 10.5 Å². The van der Waals surface area contributed by atoms with Gasteiger partial charge in [-0.25, -0.2) is 4.79 Å². The summed E-state index contributed by atoms with van der Waals surface area (Å²) in [5, 5.41) is 0. The lowest BCUT2D eigenvalue weighted by Crippen LogP contribution is -2.10. The van der Waals surface area contributed by atoms with E-state index in [1.807, 2.05) is 30.3 Å². The Kier molecular flexibility index (Phi) is 5.51. The van der Waals surface area contributed by atoms with Crippen molar-refractivity contribution in [2.75, 3.05) is 25.2 Å². The topological polar surface area (TPSA) is 61.5 Å². The maximum absolute atomic E-state index is 12.0. The molecule has 0 unspecified atom stereocenters. The minimum Gasteiger partial charge on any atom is -0.497 e. The predicted octanol–water partition coefficient (Wildman–Crippen LogP) is 3.23. The molecule has 4 nitrogen and oxygen atoms in total. The van der Waals surface area contributed by atoms with Crippen LogP contribution in [0.25, 0.3) is 0 Å². The molecule has 2 aromatic carbocycles. The summed E-state index contributed by atoms with van der Waals surface area (Å²) in [6.45, 7) is 0.328. The number of methoxy groups -OCH3 is 1. The van der Waals surface area contributed by atoms with Gasteiger partial charge in [0.1, 0.15) is 12.4 Å². The highest BCUT2D eigenvalue weighted by Crippen LogP contribution is 2.21. The summed E-state index contributed by atoms with van der Waals surface area (Å²) in [5.41, 5.74) is 6.50. The third-order valence-electron chi connectivity index (χ3n) is 2.81. The highest BCUT2D eigenvalue weighted by Gasteiger charge is 2.12. The van der Waals surface area contributed by atoms with Crippen molar-refractivity contribution in [1.29, 1.82) is 0 Å². The van der Waals surface area contributed by atoms with Gasteiger partial charge in [-0.3, -0.25) is 0 Å². The zero-order chi connectivity index (χ0) is 15.1. The van der Waals surface area contributed by atoms with Gasteiger partial charge in [0, 0.05) is 16.3 Å². The van der Waals surface area contributed by atoms with Gasteiger partial charge in [0.15, 0.2) is 0 Å². The fourth-order valence-electron chi connectivity index (χ4n) is 1.73. The van der Waals surface area contributed by atoms with Crippen molar-refractivity contribution in [2.24, 2.45) is 0 Å². The van der Waals surface area contributed by atoms with Crippen LogP contribution in [-0.4, -0.2) is 25.4 Å². The second kappa shape index (κ2) is 7.59. The summed E-state index contributed by atoms with van der Waals surface area (Å²) in [6, 6.07) is 14.9. The molecule has 2 rings (SSSR count). The molecule has 0 bridgehead atoms. The first kappa shape index (κ1) is 15.3. The highest BCUT2D eigenvalue weighted by molar-refractivity contribution is 7.99. The number of hydrogen-bond acceptors (Lipinski definition) is 5. The van der Waals surface area contributed by atoms with Gasteiger partial charge in [-0.05, 0) is 30.3 Å². The van der Waals surface area contributed by atoms with Crippen LogP contribution in [0.1, 0.15) is 10.4 Å². The van der Waals surface area contributed by atoms with Crippen LogP contribution in [0.2, 0.25) is 0 Å². The molecule has 0 aliphatic rings. The summed E-state index contributed by atoms with van der Waals surface area (Å²) in [7, 11) is 1.54. The Labute approximate surface area is 128 Å². The van der Waals surface area contributed by atoms with Crippen molar-refractivity contribution in [3.05, 3.63) is 54.1 Å². The Balaban J connectivity index is 1.84. The number of nitrogen functional groups attached to an aromatic ring is 1. The number of carbonyl (C=O) groups is 1. The summed E-state index contributed by atoms with van der Waals surface area (Å²) >= 11 is 1.64. The number of rotatable bonds is 6. The Hall–Kier alpha value is -2.14. The van der Waals surface area contributed by atoms with Crippen LogP contribution in [0.3, 0.4) is 0 Å². The number of esters is 1. The molecular formula is C16H17NO3S. The van der Waals surface area contributed by atoms with E-state index in [2.05, 4.69) is 0 Å². The Morgan fingerprint density at radius 2 is 1.95 bits per heavy atom. The molecule has 0 saturated carbocycles. The minimum absolute atomic E-state index is 0.328. The second-order valence-corrected chi connectivity index (χ2v) is 5.42.